The SMILES string of the molecule is C=C(P(=O)(OC)OC)P(=O)(OC)OC.COP(=O)(OC)C(C)CN1CCN(c2cc3c(cc2F)c(=O)c(C(=O)O)cn3C2CC2)CC1.CO[P+](=O)[O-].O=C(O)c1cn(C2CC2)c2cc(N3CCN(CC(P(=O)(O)O)P(=O)(O)O)CC3)c(F)cc2c1=O.O=C(O)c1cn(C2CC2)c2cc(N3CCNCC3)c(F)cc2c1=O. The third kappa shape index (κ3) is 21.0. The average Bonchev–Trinajstić information content (AvgIpc) is 1.46. The van der Waals surface area contributed by atoms with E-state index in [1.165, 1.54) is 55.9 Å². The number of carboxylic acid groups (broad SMARTS) is 3. The number of fused-ring (bicyclic) bond motifs is 3. The van der Waals surface area contributed by atoms with Crippen molar-refractivity contribution in [3.05, 3.63) is 131 Å². The summed E-state index contributed by atoms with van der Waals surface area (Å²) in [5, 5.41) is 29.0. The highest BCUT2D eigenvalue weighted by Gasteiger charge is 2.46. The van der Waals surface area contributed by atoms with Crippen LogP contribution in [0.1, 0.15) is 94.6 Å². The largest absolute Gasteiger partial charge is 0.566 e. The number of nitrogens with zero attached hydrogens (tertiary/aromatic N) is 8. The monoisotopic (exact) mass is 1670 g/mol. The predicted octanol–water partition coefficient (Wildman–Crippen LogP) is 7.81. The molecule has 3 aliphatic heterocycles. The summed E-state index contributed by atoms with van der Waals surface area (Å²) >= 11 is 0. The van der Waals surface area contributed by atoms with E-state index in [1.807, 2.05) is 21.3 Å². The molecule has 45 heteroatoms. The second-order valence-electron chi connectivity index (χ2n) is 26.2. The Labute approximate surface area is 628 Å². The minimum atomic E-state index is -5.05. The van der Waals surface area contributed by atoms with E-state index >= 15 is 8.78 Å². The summed E-state index contributed by atoms with van der Waals surface area (Å²) in [6.45, 7) is 11.3. The van der Waals surface area contributed by atoms with E-state index in [-0.39, 0.29) is 88.0 Å². The van der Waals surface area contributed by atoms with Gasteiger partial charge in [-0.2, -0.15) is 4.52 Å². The lowest BCUT2D eigenvalue weighted by Gasteiger charge is -2.38. The zero-order valence-corrected chi connectivity index (χ0v) is 66.5. The van der Waals surface area contributed by atoms with Gasteiger partial charge in [-0.3, -0.25) is 47.0 Å². The first-order valence-electron chi connectivity index (χ1n) is 34.1. The Bertz CT molecular complexity index is 4840. The number of piperazine rings is 3. The van der Waals surface area contributed by atoms with Crippen LogP contribution in [0.15, 0.2) is 81.0 Å². The zero-order chi connectivity index (χ0) is 81.4. The van der Waals surface area contributed by atoms with Crippen LogP contribution >= 0.6 is 46.2 Å². The highest BCUT2D eigenvalue weighted by molar-refractivity contribution is 7.78. The number of halogens is 3. The lowest BCUT2D eigenvalue weighted by molar-refractivity contribution is -0.183. The molecule has 8 N–H and O–H groups in total. The van der Waals surface area contributed by atoms with Gasteiger partial charge in [-0.15, -0.1) is 0 Å². The first kappa shape index (κ1) is 88.8. The molecule has 0 spiro atoms. The molecular formula is C65H88F3N9O27P6. The number of hydrogen-bond acceptors (Lipinski definition) is 26. The van der Waals surface area contributed by atoms with Gasteiger partial charge in [0.2, 0.25) is 16.3 Å². The highest BCUT2D eigenvalue weighted by atomic mass is 31.2. The maximum absolute atomic E-state index is 15.1. The van der Waals surface area contributed by atoms with Crippen LogP contribution in [0.4, 0.5) is 30.2 Å². The topological polar surface area (TPSA) is 477 Å². The van der Waals surface area contributed by atoms with Crippen molar-refractivity contribution in [3.63, 3.8) is 0 Å². The van der Waals surface area contributed by atoms with Crippen LogP contribution in [-0.2, 0) is 59.1 Å². The molecule has 3 saturated carbocycles. The molecule has 2 unspecified atom stereocenters. The van der Waals surface area contributed by atoms with E-state index < -0.39 is 115 Å². The fourth-order valence-corrected chi connectivity index (χ4v) is 19.8. The molecule has 3 saturated heterocycles. The van der Waals surface area contributed by atoms with Crippen molar-refractivity contribution in [1.82, 2.24) is 28.8 Å². The molecule has 12 rings (SSSR count). The number of benzene rings is 3. The van der Waals surface area contributed by atoms with Gasteiger partial charge in [0, 0.05) is 187 Å². The third-order valence-corrected chi connectivity index (χ3v) is 30.1. The number of anilines is 3. The van der Waals surface area contributed by atoms with Crippen LogP contribution in [-0.4, -0.2) is 229 Å². The molecular weight excluding hydrogens is 1580 g/mol. The Hall–Kier alpha value is -6.72. The van der Waals surface area contributed by atoms with Crippen molar-refractivity contribution >= 4 is 114 Å². The third-order valence-electron chi connectivity index (χ3n) is 19.2. The molecule has 6 fully saturated rings. The van der Waals surface area contributed by atoms with Crippen LogP contribution in [0, 0.1) is 17.5 Å². The van der Waals surface area contributed by atoms with Gasteiger partial charge in [0.05, 0.1) is 46.4 Å². The summed E-state index contributed by atoms with van der Waals surface area (Å²) in [6.07, 6.45) is 9.37. The molecule has 0 bridgehead atoms. The molecule has 2 atom stereocenters. The Morgan fingerprint density at radius 2 is 0.791 bits per heavy atom. The van der Waals surface area contributed by atoms with Gasteiger partial charge in [-0.05, 0) is 86.4 Å². The second-order valence-corrected chi connectivity index (χ2v) is 38.6. The molecule has 3 aromatic heterocycles. The number of nitrogens with one attached hydrogen (secondary N) is 1. The van der Waals surface area contributed by atoms with Crippen molar-refractivity contribution in [3.8, 4) is 0 Å². The second kappa shape index (κ2) is 37.0. The first-order chi connectivity index (χ1) is 51.7. The molecule has 0 radical (unpaired) electrons. The van der Waals surface area contributed by atoms with Crippen molar-refractivity contribution in [2.75, 3.05) is 156 Å². The Kier molecular flexibility index (Phi) is 29.9. The van der Waals surface area contributed by atoms with Gasteiger partial charge >= 0.3 is 64.1 Å². The van der Waals surface area contributed by atoms with Crippen molar-refractivity contribution in [1.29, 1.82) is 0 Å². The smallest absolute Gasteiger partial charge is 0.488 e. The maximum atomic E-state index is 15.1. The van der Waals surface area contributed by atoms with E-state index in [9.17, 15) is 100 Å². The molecule has 36 nitrogen and oxygen atoms in total. The van der Waals surface area contributed by atoms with Crippen molar-refractivity contribution < 1.29 is 126 Å². The van der Waals surface area contributed by atoms with Gasteiger partial charge in [0.1, 0.15) is 39.2 Å². The number of pyridine rings is 3. The van der Waals surface area contributed by atoms with E-state index in [0.717, 1.165) is 93.2 Å². The van der Waals surface area contributed by atoms with Crippen molar-refractivity contribution in [2.45, 2.75) is 74.6 Å². The molecule has 110 heavy (non-hydrogen) atoms. The summed E-state index contributed by atoms with van der Waals surface area (Å²) in [7, 11) is -14.6. The number of aromatic carboxylic acids is 3. The number of hydrogen-bond donors (Lipinski definition) is 8. The summed E-state index contributed by atoms with van der Waals surface area (Å²) in [6, 6.07) is 8.59. The average molecular weight is 1670 g/mol. The van der Waals surface area contributed by atoms with Gasteiger partial charge in [-0.1, -0.05) is 6.58 Å². The van der Waals surface area contributed by atoms with Crippen LogP contribution in [0.3, 0.4) is 0 Å². The highest BCUT2D eigenvalue weighted by Crippen LogP contribution is 2.72. The van der Waals surface area contributed by atoms with E-state index in [0.29, 0.717) is 73.7 Å². The van der Waals surface area contributed by atoms with Crippen LogP contribution < -0.4 is 41.2 Å². The van der Waals surface area contributed by atoms with Crippen LogP contribution in [0.2, 0.25) is 0 Å². The summed E-state index contributed by atoms with van der Waals surface area (Å²) in [5.41, 5.74) is -0.786. The molecule has 6 aromatic rings. The number of aromatic nitrogens is 3. The molecule has 606 valence electrons. The Morgan fingerprint density at radius 3 is 1.04 bits per heavy atom. The fraction of sp³-hybridized carbons (Fsp3) is 0.508. The first-order valence-corrected chi connectivity index (χ1v) is 43.2. The summed E-state index contributed by atoms with van der Waals surface area (Å²) in [5.74, 6) is -5.71. The maximum Gasteiger partial charge on any atom is 0.488 e. The minimum absolute atomic E-state index is 0.0219. The minimum Gasteiger partial charge on any atom is -0.566 e. The Balaban J connectivity index is 0.000000187. The summed E-state index contributed by atoms with van der Waals surface area (Å²) in [4.78, 5) is 128. The number of carbonyl (C=O) groups is 3. The molecule has 6 heterocycles. The Morgan fingerprint density at radius 1 is 0.509 bits per heavy atom. The predicted molar refractivity (Wildman–Crippen MR) is 399 cm³/mol. The van der Waals surface area contributed by atoms with E-state index in [4.69, 9.17) is 9.05 Å². The van der Waals surface area contributed by atoms with Gasteiger partial charge < -0.3 is 101 Å². The van der Waals surface area contributed by atoms with Gasteiger partial charge in [0.25, 0.3) is 0 Å². The van der Waals surface area contributed by atoms with Crippen LogP contribution in [0.5, 0.6) is 0 Å². The lowest BCUT2D eigenvalue weighted by atomic mass is 10.1. The van der Waals surface area contributed by atoms with Crippen molar-refractivity contribution in [2.24, 2.45) is 0 Å². The number of carboxylic acids is 3. The van der Waals surface area contributed by atoms with E-state index in [2.05, 4.69) is 39.4 Å². The standard InChI is InChI=1S/C22H29FN3O6P.C19H24FN3O9P2.C17H18FN3O3.C6H14O6P2.CH3O3P/c1-14(33(30,31-2)32-3)12-24-6-8-25(9-7-24)20-11-19-16(10-18(20)23)21(27)17(22(28)29)13-26(19)15-4-5-15;20-14-7-12-15(23(11-1-2-11)9-13(18(12)24)19(25)26)8-16(14)22-5-3-21(4-6-22)10-17(33(27,28)29)34(30,31)32;18-13-7-11-14(8-15(13)20-5-3-19-4-6-20)21(10-1-2-10)9-12(16(11)22)17(23)24;1-6(13(7,9-2)10-3)14(8,11-4)12-5;1-4-5(2)3/h10-11,13-15H,4-9,12H2,1-3H3,(H,28,29);7-9,11,17H,1-6,10H2,(H,25,26)(H2,27,28,29)(H2,30,31,32);7-10,19H,1-6H2,(H,23,24);1H2,2-5H3;1H3. The van der Waals surface area contributed by atoms with Gasteiger partial charge in [-0.25, -0.2) is 27.6 Å². The van der Waals surface area contributed by atoms with Gasteiger partial charge in [0.15, 0.2) is 5.40 Å². The normalized spacial score (nSPS) is 17.3. The lowest BCUT2D eigenvalue weighted by Crippen LogP contribution is -2.48. The summed E-state index contributed by atoms with van der Waals surface area (Å²) < 4.78 is 151. The number of rotatable bonds is 25. The van der Waals surface area contributed by atoms with E-state index in [1.54, 1.807) is 26.2 Å². The quantitative estimate of drug-likeness (QED) is 0.0253. The molecule has 3 aromatic carbocycles. The molecule has 6 aliphatic rings. The molecule has 3 aliphatic carbocycles. The molecule has 0 amide bonds. The fourth-order valence-electron chi connectivity index (χ4n) is 12.7. The zero-order valence-electron chi connectivity index (χ0n) is 61.1. The van der Waals surface area contributed by atoms with Crippen LogP contribution in [0.25, 0.3) is 32.7 Å².